The fourth-order valence-electron chi connectivity index (χ4n) is 1.67. The van der Waals surface area contributed by atoms with Gasteiger partial charge in [0.15, 0.2) is 0 Å². The molecule has 0 radical (unpaired) electrons. The Morgan fingerprint density at radius 2 is 1.80 bits per heavy atom. The molecule has 3 heteroatoms. The molecule has 0 nitrogen and oxygen atoms in total. The Balaban J connectivity index is 2.16. The molecule has 0 N–H and O–H groups in total. The van der Waals surface area contributed by atoms with E-state index in [1.807, 2.05) is 0 Å². The molecule has 15 heavy (non-hydrogen) atoms. The van der Waals surface area contributed by atoms with Gasteiger partial charge in [0.05, 0.1) is 5.56 Å². The molecule has 78 valence electrons. The van der Waals surface area contributed by atoms with E-state index >= 15 is 0 Å². The third kappa shape index (κ3) is 1.99. The van der Waals surface area contributed by atoms with Gasteiger partial charge in [-0.15, -0.1) is 12.3 Å². The zero-order valence-electron chi connectivity index (χ0n) is 7.88. The third-order valence-corrected chi connectivity index (χ3v) is 2.67. The molecule has 1 aromatic carbocycles. The summed E-state index contributed by atoms with van der Waals surface area (Å²) >= 11 is 0. The second-order valence-electron chi connectivity index (χ2n) is 3.74. The minimum Gasteiger partial charge on any atom is -0.166 e. The van der Waals surface area contributed by atoms with Crippen molar-refractivity contribution >= 4 is 0 Å². The van der Waals surface area contributed by atoms with Gasteiger partial charge in [-0.1, -0.05) is 12.1 Å². The highest BCUT2D eigenvalue weighted by Crippen LogP contribution is 2.47. The van der Waals surface area contributed by atoms with E-state index in [-0.39, 0.29) is 11.8 Å². The quantitative estimate of drug-likeness (QED) is 0.623. The Bertz CT molecular complexity index is 394. The van der Waals surface area contributed by atoms with E-state index in [0.29, 0.717) is 0 Å². The van der Waals surface area contributed by atoms with Crippen LogP contribution in [-0.4, -0.2) is 0 Å². The third-order valence-electron chi connectivity index (χ3n) is 2.67. The van der Waals surface area contributed by atoms with Crippen LogP contribution < -0.4 is 0 Å². The fourth-order valence-corrected chi connectivity index (χ4v) is 1.67. The van der Waals surface area contributed by atoms with Gasteiger partial charge in [0.25, 0.3) is 0 Å². The van der Waals surface area contributed by atoms with Gasteiger partial charge in [0.1, 0.15) is 0 Å². The van der Waals surface area contributed by atoms with Gasteiger partial charge in [0, 0.05) is 5.92 Å². The summed E-state index contributed by atoms with van der Waals surface area (Å²) in [6.07, 6.45) is 1.87. The lowest BCUT2D eigenvalue weighted by Crippen LogP contribution is -2.04. The predicted molar refractivity (Wildman–Crippen MR) is 51.1 cm³/mol. The number of benzene rings is 1. The van der Waals surface area contributed by atoms with E-state index in [2.05, 4.69) is 5.92 Å². The summed E-state index contributed by atoms with van der Waals surface area (Å²) in [5.74, 6) is 3.08. The van der Waals surface area contributed by atoms with Crippen molar-refractivity contribution in [3.8, 4) is 12.3 Å². The zero-order valence-corrected chi connectivity index (χ0v) is 7.88. The first-order chi connectivity index (χ1) is 7.02. The van der Waals surface area contributed by atoms with Gasteiger partial charge in [0.2, 0.25) is 0 Å². The number of hydrogen-bond acceptors (Lipinski definition) is 0. The molecule has 0 spiro atoms. The van der Waals surface area contributed by atoms with Crippen LogP contribution in [0.15, 0.2) is 24.3 Å². The van der Waals surface area contributed by atoms with Crippen LogP contribution in [0.2, 0.25) is 0 Å². The van der Waals surface area contributed by atoms with E-state index in [4.69, 9.17) is 6.42 Å². The normalized spacial score (nSPS) is 24.7. The van der Waals surface area contributed by atoms with Crippen LogP contribution in [-0.2, 0) is 6.18 Å². The van der Waals surface area contributed by atoms with Gasteiger partial charge in [-0.3, -0.25) is 0 Å². The lowest BCUT2D eigenvalue weighted by Gasteiger charge is -2.06. The molecule has 1 fully saturated rings. The molecular formula is C12H9F3. The van der Waals surface area contributed by atoms with Gasteiger partial charge in [-0.25, -0.2) is 0 Å². The Morgan fingerprint density at radius 1 is 1.20 bits per heavy atom. The second-order valence-corrected chi connectivity index (χ2v) is 3.74. The molecule has 0 amide bonds. The summed E-state index contributed by atoms with van der Waals surface area (Å²) in [7, 11) is 0. The molecule has 0 heterocycles. The average molecular weight is 210 g/mol. The maximum atomic E-state index is 12.2. The molecule has 0 saturated heterocycles. The maximum Gasteiger partial charge on any atom is 0.416 e. The van der Waals surface area contributed by atoms with Crippen molar-refractivity contribution in [3.63, 3.8) is 0 Å². The highest BCUT2D eigenvalue weighted by molar-refractivity contribution is 5.33. The number of halogens is 3. The Hall–Kier alpha value is -1.43. The van der Waals surface area contributed by atoms with Gasteiger partial charge in [-0.05, 0) is 30.0 Å². The van der Waals surface area contributed by atoms with Crippen LogP contribution in [0.1, 0.15) is 23.5 Å². The predicted octanol–water partition coefficient (Wildman–Crippen LogP) is 3.44. The maximum absolute atomic E-state index is 12.2. The number of hydrogen-bond donors (Lipinski definition) is 0. The van der Waals surface area contributed by atoms with Crippen molar-refractivity contribution in [2.45, 2.75) is 18.5 Å². The molecule has 2 atom stereocenters. The molecule has 1 aliphatic rings. The highest BCUT2D eigenvalue weighted by atomic mass is 19.4. The van der Waals surface area contributed by atoms with E-state index in [0.717, 1.165) is 24.1 Å². The van der Waals surface area contributed by atoms with Gasteiger partial charge in [-0.2, -0.15) is 13.2 Å². The van der Waals surface area contributed by atoms with E-state index in [1.165, 1.54) is 12.1 Å². The number of alkyl halides is 3. The smallest absolute Gasteiger partial charge is 0.166 e. The lowest BCUT2D eigenvalue weighted by atomic mass is 10.1. The van der Waals surface area contributed by atoms with Crippen LogP contribution in [0.3, 0.4) is 0 Å². The second kappa shape index (κ2) is 3.30. The number of rotatable bonds is 1. The average Bonchev–Trinajstić information content (AvgIpc) is 2.95. The SMILES string of the molecule is C#C[C@@H]1C[C@H]1c1ccc(C(F)(F)F)cc1. The molecule has 0 unspecified atom stereocenters. The van der Waals surface area contributed by atoms with Crippen LogP contribution >= 0.6 is 0 Å². The van der Waals surface area contributed by atoms with E-state index in [1.54, 1.807) is 0 Å². The summed E-state index contributed by atoms with van der Waals surface area (Å²) in [4.78, 5) is 0. The number of terminal acetylenes is 1. The molecule has 0 aliphatic heterocycles. The molecule has 0 bridgehead atoms. The Morgan fingerprint density at radius 3 is 2.20 bits per heavy atom. The van der Waals surface area contributed by atoms with E-state index in [9.17, 15) is 13.2 Å². The van der Waals surface area contributed by atoms with Gasteiger partial charge < -0.3 is 0 Å². The van der Waals surface area contributed by atoms with Crippen molar-refractivity contribution in [3.05, 3.63) is 35.4 Å². The van der Waals surface area contributed by atoms with Crippen LogP contribution in [0.4, 0.5) is 13.2 Å². The molecule has 1 aromatic rings. The van der Waals surface area contributed by atoms with E-state index < -0.39 is 11.7 Å². The molecule has 0 aromatic heterocycles. The zero-order chi connectivity index (χ0) is 11.1. The first kappa shape index (κ1) is 10.1. The Kier molecular flexibility index (Phi) is 2.22. The molecule has 1 aliphatic carbocycles. The van der Waals surface area contributed by atoms with Crippen molar-refractivity contribution in [1.29, 1.82) is 0 Å². The van der Waals surface area contributed by atoms with Crippen molar-refractivity contribution in [2.75, 3.05) is 0 Å². The summed E-state index contributed by atoms with van der Waals surface area (Å²) in [6, 6.07) is 5.26. The summed E-state index contributed by atoms with van der Waals surface area (Å²) < 4.78 is 36.7. The standard InChI is InChI=1S/C12H9F3/c1-2-8-7-11(8)9-3-5-10(6-4-9)12(13,14)15/h1,3-6,8,11H,7H2/t8-,11-/m1/s1. The van der Waals surface area contributed by atoms with Crippen LogP contribution in [0, 0.1) is 18.3 Å². The largest absolute Gasteiger partial charge is 0.416 e. The summed E-state index contributed by atoms with van der Waals surface area (Å²) in [6.45, 7) is 0. The van der Waals surface area contributed by atoms with Crippen molar-refractivity contribution in [2.24, 2.45) is 5.92 Å². The van der Waals surface area contributed by atoms with Gasteiger partial charge >= 0.3 is 6.18 Å². The van der Waals surface area contributed by atoms with Crippen LogP contribution in [0.5, 0.6) is 0 Å². The topological polar surface area (TPSA) is 0 Å². The molecule has 1 saturated carbocycles. The summed E-state index contributed by atoms with van der Waals surface area (Å²) in [5, 5.41) is 0. The first-order valence-corrected chi connectivity index (χ1v) is 4.65. The van der Waals surface area contributed by atoms with Crippen LogP contribution in [0.25, 0.3) is 0 Å². The minimum absolute atomic E-state index is 0.210. The monoisotopic (exact) mass is 210 g/mol. The molecule has 2 rings (SSSR count). The Labute approximate surface area is 86.1 Å². The summed E-state index contributed by atoms with van der Waals surface area (Å²) in [5.41, 5.74) is 0.301. The minimum atomic E-state index is -4.26. The lowest BCUT2D eigenvalue weighted by molar-refractivity contribution is -0.137. The first-order valence-electron chi connectivity index (χ1n) is 4.65. The highest BCUT2D eigenvalue weighted by Gasteiger charge is 2.37. The van der Waals surface area contributed by atoms with Crippen molar-refractivity contribution < 1.29 is 13.2 Å². The van der Waals surface area contributed by atoms with Crippen molar-refractivity contribution in [1.82, 2.24) is 0 Å². The fraction of sp³-hybridized carbons (Fsp3) is 0.333. The molecular weight excluding hydrogens is 201 g/mol.